The topological polar surface area (TPSA) is 24.9 Å². The van der Waals surface area contributed by atoms with Crippen LogP contribution in [0.4, 0.5) is 0 Å². The van der Waals surface area contributed by atoms with Crippen molar-refractivity contribution in [1.82, 2.24) is 10.3 Å². The summed E-state index contributed by atoms with van der Waals surface area (Å²) in [6.07, 6.45) is 0. The first-order valence-corrected chi connectivity index (χ1v) is 7.83. The van der Waals surface area contributed by atoms with Crippen molar-refractivity contribution in [3.8, 4) is 0 Å². The minimum atomic E-state index is 0.0676. The fourth-order valence-electron chi connectivity index (χ4n) is 2.59. The molecule has 0 aliphatic rings. The molecule has 2 rings (SSSR count). The van der Waals surface area contributed by atoms with Crippen molar-refractivity contribution in [3.63, 3.8) is 0 Å². The molecular weight excluding hydrogens is 256 g/mol. The maximum atomic E-state index is 4.95. The zero-order valence-electron chi connectivity index (χ0n) is 14.5. The number of hydrogen-bond acceptors (Lipinski definition) is 2. The summed E-state index contributed by atoms with van der Waals surface area (Å²) >= 11 is 0. The second-order valence-electron chi connectivity index (χ2n) is 7.43. The second kappa shape index (κ2) is 5.76. The average Bonchev–Trinajstić information content (AvgIpc) is 2.34. The third-order valence-electron chi connectivity index (χ3n) is 3.80. The van der Waals surface area contributed by atoms with Crippen molar-refractivity contribution in [2.45, 2.75) is 66.5 Å². The van der Waals surface area contributed by atoms with Gasteiger partial charge in [0.25, 0.3) is 0 Å². The van der Waals surface area contributed by atoms with Gasteiger partial charge in [0.05, 0.1) is 5.52 Å². The van der Waals surface area contributed by atoms with Gasteiger partial charge in [0, 0.05) is 29.1 Å². The standard InChI is InChI=1S/C19H28N2/c1-12(2)20-11-15-10-17(19(5,6)7)21-18-14(4)8-13(3)9-16(15)18/h8-10,12,20H,11H2,1-7H3. The molecule has 1 N–H and O–H groups in total. The van der Waals surface area contributed by atoms with E-state index in [2.05, 4.69) is 72.0 Å². The van der Waals surface area contributed by atoms with Crippen LogP contribution in [0.25, 0.3) is 10.9 Å². The molecule has 0 aliphatic carbocycles. The molecule has 0 spiro atoms. The normalized spacial score (nSPS) is 12.4. The molecule has 0 saturated carbocycles. The maximum absolute atomic E-state index is 4.95. The van der Waals surface area contributed by atoms with Gasteiger partial charge in [-0.15, -0.1) is 0 Å². The van der Waals surface area contributed by atoms with Gasteiger partial charge in [-0.3, -0.25) is 4.98 Å². The van der Waals surface area contributed by atoms with Gasteiger partial charge in [0.15, 0.2) is 0 Å². The van der Waals surface area contributed by atoms with Gasteiger partial charge in [0.2, 0.25) is 0 Å². The fourth-order valence-corrected chi connectivity index (χ4v) is 2.59. The zero-order valence-corrected chi connectivity index (χ0v) is 14.5. The Morgan fingerprint density at radius 1 is 1.10 bits per heavy atom. The summed E-state index contributed by atoms with van der Waals surface area (Å²) in [5, 5.41) is 4.83. The quantitative estimate of drug-likeness (QED) is 0.887. The maximum Gasteiger partial charge on any atom is 0.0738 e. The Morgan fingerprint density at radius 2 is 1.76 bits per heavy atom. The van der Waals surface area contributed by atoms with Crippen LogP contribution < -0.4 is 5.32 Å². The number of aromatic nitrogens is 1. The Labute approximate surface area is 129 Å². The first-order valence-electron chi connectivity index (χ1n) is 7.83. The Hall–Kier alpha value is -1.41. The SMILES string of the molecule is Cc1cc(C)c2nc(C(C)(C)C)cc(CNC(C)C)c2c1. The Kier molecular flexibility index (Phi) is 4.38. The zero-order chi connectivity index (χ0) is 15.8. The van der Waals surface area contributed by atoms with E-state index in [1.54, 1.807) is 0 Å². The van der Waals surface area contributed by atoms with Crippen molar-refractivity contribution in [3.05, 3.63) is 40.6 Å². The van der Waals surface area contributed by atoms with E-state index in [1.165, 1.54) is 27.8 Å². The van der Waals surface area contributed by atoms with Gasteiger partial charge in [0.1, 0.15) is 0 Å². The van der Waals surface area contributed by atoms with Crippen molar-refractivity contribution >= 4 is 10.9 Å². The average molecular weight is 284 g/mol. The summed E-state index contributed by atoms with van der Waals surface area (Å²) < 4.78 is 0. The summed E-state index contributed by atoms with van der Waals surface area (Å²) in [5.74, 6) is 0. The Morgan fingerprint density at radius 3 is 2.33 bits per heavy atom. The number of hydrogen-bond donors (Lipinski definition) is 1. The minimum Gasteiger partial charge on any atom is -0.310 e. The van der Waals surface area contributed by atoms with Gasteiger partial charge in [-0.05, 0) is 37.1 Å². The van der Waals surface area contributed by atoms with Crippen LogP contribution in [0.5, 0.6) is 0 Å². The van der Waals surface area contributed by atoms with E-state index < -0.39 is 0 Å². The van der Waals surface area contributed by atoms with Gasteiger partial charge < -0.3 is 5.32 Å². The number of aryl methyl sites for hydroxylation is 2. The van der Waals surface area contributed by atoms with E-state index in [1.807, 2.05) is 0 Å². The lowest BCUT2D eigenvalue weighted by molar-refractivity contribution is 0.564. The van der Waals surface area contributed by atoms with Crippen molar-refractivity contribution in [2.75, 3.05) is 0 Å². The first kappa shape index (κ1) is 16.0. The molecule has 0 saturated heterocycles. The molecule has 0 bridgehead atoms. The molecule has 2 heteroatoms. The van der Waals surface area contributed by atoms with Crippen LogP contribution >= 0.6 is 0 Å². The van der Waals surface area contributed by atoms with Gasteiger partial charge >= 0.3 is 0 Å². The highest BCUT2D eigenvalue weighted by Gasteiger charge is 2.18. The largest absolute Gasteiger partial charge is 0.310 e. The molecule has 114 valence electrons. The Balaban J connectivity index is 2.66. The highest BCUT2D eigenvalue weighted by atomic mass is 14.9. The fraction of sp³-hybridized carbons (Fsp3) is 0.526. The highest BCUT2D eigenvalue weighted by molar-refractivity contribution is 5.86. The molecular formula is C19H28N2. The van der Waals surface area contributed by atoms with Crippen LogP contribution in [-0.4, -0.2) is 11.0 Å². The van der Waals surface area contributed by atoms with Crippen LogP contribution in [0, 0.1) is 13.8 Å². The van der Waals surface area contributed by atoms with Gasteiger partial charge in [-0.25, -0.2) is 0 Å². The second-order valence-corrected chi connectivity index (χ2v) is 7.43. The van der Waals surface area contributed by atoms with E-state index in [-0.39, 0.29) is 5.41 Å². The van der Waals surface area contributed by atoms with E-state index in [0.29, 0.717) is 6.04 Å². The van der Waals surface area contributed by atoms with E-state index in [0.717, 1.165) is 12.1 Å². The summed E-state index contributed by atoms with van der Waals surface area (Å²) in [6.45, 7) is 16.3. The number of fused-ring (bicyclic) bond motifs is 1. The Bertz CT molecular complexity index is 649. The molecule has 0 fully saturated rings. The van der Waals surface area contributed by atoms with Crippen LogP contribution in [0.15, 0.2) is 18.2 Å². The number of benzene rings is 1. The van der Waals surface area contributed by atoms with Crippen LogP contribution in [-0.2, 0) is 12.0 Å². The van der Waals surface area contributed by atoms with Crippen LogP contribution in [0.1, 0.15) is 57.0 Å². The smallest absolute Gasteiger partial charge is 0.0738 e. The number of nitrogens with zero attached hydrogens (tertiary/aromatic N) is 1. The summed E-state index contributed by atoms with van der Waals surface area (Å²) in [5.41, 5.74) is 6.30. The molecule has 0 aliphatic heterocycles. The van der Waals surface area contributed by atoms with E-state index in [4.69, 9.17) is 4.98 Å². The lowest BCUT2D eigenvalue weighted by Gasteiger charge is -2.21. The van der Waals surface area contributed by atoms with Crippen LogP contribution in [0.2, 0.25) is 0 Å². The minimum absolute atomic E-state index is 0.0676. The van der Waals surface area contributed by atoms with E-state index >= 15 is 0 Å². The summed E-state index contributed by atoms with van der Waals surface area (Å²) in [7, 11) is 0. The molecule has 1 aromatic carbocycles. The third kappa shape index (κ3) is 3.62. The lowest BCUT2D eigenvalue weighted by atomic mass is 9.89. The van der Waals surface area contributed by atoms with Crippen LogP contribution in [0.3, 0.4) is 0 Å². The highest BCUT2D eigenvalue weighted by Crippen LogP contribution is 2.28. The number of pyridine rings is 1. The van der Waals surface area contributed by atoms with Crippen molar-refractivity contribution in [1.29, 1.82) is 0 Å². The molecule has 1 aromatic heterocycles. The monoisotopic (exact) mass is 284 g/mol. The molecule has 21 heavy (non-hydrogen) atoms. The van der Waals surface area contributed by atoms with Gasteiger partial charge in [-0.2, -0.15) is 0 Å². The molecule has 0 atom stereocenters. The summed E-state index contributed by atoms with van der Waals surface area (Å²) in [6, 6.07) is 7.24. The molecule has 2 nitrogen and oxygen atoms in total. The molecule has 1 heterocycles. The van der Waals surface area contributed by atoms with Gasteiger partial charge in [-0.1, -0.05) is 46.2 Å². The third-order valence-corrected chi connectivity index (χ3v) is 3.80. The molecule has 2 aromatic rings. The predicted molar refractivity (Wildman–Crippen MR) is 91.9 cm³/mol. The predicted octanol–water partition coefficient (Wildman–Crippen LogP) is 4.65. The van der Waals surface area contributed by atoms with Crippen molar-refractivity contribution < 1.29 is 0 Å². The summed E-state index contributed by atoms with van der Waals surface area (Å²) in [4.78, 5) is 4.95. The molecule has 0 radical (unpaired) electrons. The number of rotatable bonds is 3. The molecule has 0 unspecified atom stereocenters. The first-order chi connectivity index (χ1) is 9.68. The number of nitrogens with one attached hydrogen (secondary N) is 1. The van der Waals surface area contributed by atoms with Crippen molar-refractivity contribution in [2.24, 2.45) is 0 Å². The lowest BCUT2D eigenvalue weighted by Crippen LogP contribution is -2.23. The van der Waals surface area contributed by atoms with E-state index in [9.17, 15) is 0 Å². The molecule has 0 amide bonds.